The monoisotopic (exact) mass is 240 g/mol. The van der Waals surface area contributed by atoms with Crippen molar-refractivity contribution in [2.75, 3.05) is 6.54 Å². The quantitative estimate of drug-likeness (QED) is 0.765. The molecule has 2 heteroatoms. The molecule has 0 aliphatic carbocycles. The SMILES string of the molecule is CCC1CCC(C)N1C(C)CNC(C)(C)CC. The molecule has 1 aliphatic rings. The van der Waals surface area contributed by atoms with Crippen molar-refractivity contribution in [2.45, 2.75) is 90.9 Å². The van der Waals surface area contributed by atoms with Crippen LogP contribution in [0.4, 0.5) is 0 Å². The Morgan fingerprint density at radius 1 is 1.29 bits per heavy atom. The van der Waals surface area contributed by atoms with Gasteiger partial charge in [0.05, 0.1) is 0 Å². The molecule has 1 heterocycles. The lowest BCUT2D eigenvalue weighted by atomic mass is 10.0. The third-order valence-corrected chi connectivity index (χ3v) is 4.59. The Balaban J connectivity index is 2.48. The molecule has 1 saturated heterocycles. The highest BCUT2D eigenvalue weighted by Crippen LogP contribution is 2.28. The fourth-order valence-corrected chi connectivity index (χ4v) is 2.96. The van der Waals surface area contributed by atoms with Crippen LogP contribution in [0.25, 0.3) is 0 Å². The largest absolute Gasteiger partial charge is 0.310 e. The number of hydrogen-bond acceptors (Lipinski definition) is 2. The first-order chi connectivity index (χ1) is 7.91. The first-order valence-electron chi connectivity index (χ1n) is 7.43. The van der Waals surface area contributed by atoms with E-state index in [1.54, 1.807) is 0 Å². The van der Waals surface area contributed by atoms with Crippen LogP contribution in [0.1, 0.15) is 67.2 Å². The van der Waals surface area contributed by atoms with Gasteiger partial charge in [0.25, 0.3) is 0 Å². The molecule has 102 valence electrons. The maximum Gasteiger partial charge on any atom is 0.0198 e. The summed E-state index contributed by atoms with van der Waals surface area (Å²) in [7, 11) is 0. The van der Waals surface area contributed by atoms with Crippen LogP contribution in [0.15, 0.2) is 0 Å². The van der Waals surface area contributed by atoms with Gasteiger partial charge in [-0.05, 0) is 53.4 Å². The molecule has 0 amide bonds. The van der Waals surface area contributed by atoms with E-state index in [1.807, 2.05) is 0 Å². The molecule has 1 N–H and O–H groups in total. The van der Waals surface area contributed by atoms with Crippen molar-refractivity contribution in [3.63, 3.8) is 0 Å². The summed E-state index contributed by atoms with van der Waals surface area (Å²) in [5.41, 5.74) is 0.277. The highest BCUT2D eigenvalue weighted by Gasteiger charge is 2.32. The zero-order chi connectivity index (χ0) is 13.1. The fourth-order valence-electron chi connectivity index (χ4n) is 2.96. The first-order valence-corrected chi connectivity index (χ1v) is 7.43. The molecule has 0 radical (unpaired) electrons. The van der Waals surface area contributed by atoms with E-state index < -0.39 is 0 Å². The minimum Gasteiger partial charge on any atom is -0.310 e. The lowest BCUT2D eigenvalue weighted by Gasteiger charge is -2.36. The van der Waals surface area contributed by atoms with E-state index >= 15 is 0 Å². The summed E-state index contributed by atoms with van der Waals surface area (Å²) in [6, 6.07) is 2.23. The summed E-state index contributed by atoms with van der Waals surface area (Å²) in [4.78, 5) is 2.73. The van der Waals surface area contributed by atoms with E-state index in [4.69, 9.17) is 0 Å². The predicted octanol–water partition coefficient (Wildman–Crippen LogP) is 3.42. The van der Waals surface area contributed by atoms with E-state index in [9.17, 15) is 0 Å². The summed E-state index contributed by atoms with van der Waals surface area (Å²) in [5, 5.41) is 3.71. The van der Waals surface area contributed by atoms with Crippen molar-refractivity contribution in [1.82, 2.24) is 10.2 Å². The smallest absolute Gasteiger partial charge is 0.0198 e. The molecule has 0 spiro atoms. The second-order valence-electron chi connectivity index (χ2n) is 6.40. The zero-order valence-corrected chi connectivity index (χ0v) is 12.7. The van der Waals surface area contributed by atoms with E-state index in [-0.39, 0.29) is 5.54 Å². The molecule has 2 nitrogen and oxygen atoms in total. The third kappa shape index (κ3) is 3.96. The minimum absolute atomic E-state index is 0.277. The van der Waals surface area contributed by atoms with E-state index in [1.165, 1.54) is 25.7 Å². The van der Waals surface area contributed by atoms with E-state index in [2.05, 4.69) is 51.8 Å². The Bertz CT molecular complexity index is 225. The standard InChI is InChI=1S/C15H32N2/c1-7-14-10-9-12(3)17(14)13(4)11-16-15(5,6)8-2/h12-14,16H,7-11H2,1-6H3. The van der Waals surface area contributed by atoms with Crippen LogP contribution in [0.2, 0.25) is 0 Å². The highest BCUT2D eigenvalue weighted by atomic mass is 15.2. The summed E-state index contributed by atoms with van der Waals surface area (Å²) in [6.07, 6.45) is 5.25. The molecule has 3 unspecified atom stereocenters. The van der Waals surface area contributed by atoms with Crippen LogP contribution >= 0.6 is 0 Å². The maximum atomic E-state index is 3.71. The Labute approximate surface area is 108 Å². The van der Waals surface area contributed by atoms with Gasteiger partial charge < -0.3 is 5.32 Å². The van der Waals surface area contributed by atoms with Crippen LogP contribution in [0.5, 0.6) is 0 Å². The van der Waals surface area contributed by atoms with E-state index in [0.717, 1.165) is 18.6 Å². The predicted molar refractivity (Wildman–Crippen MR) is 76.4 cm³/mol. The number of nitrogens with one attached hydrogen (secondary N) is 1. The highest BCUT2D eigenvalue weighted by molar-refractivity contribution is 4.89. The molecule has 1 rings (SSSR count). The molecular weight excluding hydrogens is 208 g/mol. The second-order valence-corrected chi connectivity index (χ2v) is 6.40. The zero-order valence-electron chi connectivity index (χ0n) is 12.7. The van der Waals surface area contributed by atoms with Gasteiger partial charge in [-0.15, -0.1) is 0 Å². The molecule has 1 fully saturated rings. The van der Waals surface area contributed by atoms with E-state index in [0.29, 0.717) is 6.04 Å². The Kier molecular flexibility index (Phi) is 5.46. The van der Waals surface area contributed by atoms with Gasteiger partial charge in [0.15, 0.2) is 0 Å². The molecule has 17 heavy (non-hydrogen) atoms. The topological polar surface area (TPSA) is 15.3 Å². The lowest BCUT2D eigenvalue weighted by Crippen LogP contribution is -2.50. The summed E-state index contributed by atoms with van der Waals surface area (Å²) >= 11 is 0. The van der Waals surface area contributed by atoms with Crippen LogP contribution in [0.3, 0.4) is 0 Å². The summed E-state index contributed by atoms with van der Waals surface area (Å²) in [5.74, 6) is 0. The molecular formula is C15H32N2. The molecule has 0 aromatic heterocycles. The van der Waals surface area contributed by atoms with Crippen LogP contribution in [0, 0.1) is 0 Å². The van der Waals surface area contributed by atoms with Crippen molar-refractivity contribution >= 4 is 0 Å². The third-order valence-electron chi connectivity index (χ3n) is 4.59. The molecule has 1 aliphatic heterocycles. The van der Waals surface area contributed by atoms with Crippen LogP contribution in [-0.2, 0) is 0 Å². The number of rotatable bonds is 6. The molecule has 0 aromatic carbocycles. The number of hydrogen-bond donors (Lipinski definition) is 1. The van der Waals surface area contributed by atoms with Crippen molar-refractivity contribution < 1.29 is 0 Å². The maximum absolute atomic E-state index is 3.71. The van der Waals surface area contributed by atoms with Gasteiger partial charge in [0.1, 0.15) is 0 Å². The normalized spacial score (nSPS) is 28.6. The molecule has 0 aromatic rings. The van der Waals surface area contributed by atoms with Crippen LogP contribution < -0.4 is 5.32 Å². The molecule has 3 atom stereocenters. The van der Waals surface area contributed by atoms with Crippen molar-refractivity contribution in [3.8, 4) is 0 Å². The van der Waals surface area contributed by atoms with Crippen molar-refractivity contribution in [2.24, 2.45) is 0 Å². The first kappa shape index (κ1) is 15.0. The minimum atomic E-state index is 0.277. The van der Waals surface area contributed by atoms with Gasteiger partial charge in [0.2, 0.25) is 0 Å². The van der Waals surface area contributed by atoms with Gasteiger partial charge in [0, 0.05) is 30.2 Å². The summed E-state index contributed by atoms with van der Waals surface area (Å²) in [6.45, 7) is 15.0. The van der Waals surface area contributed by atoms with Crippen molar-refractivity contribution in [1.29, 1.82) is 0 Å². The van der Waals surface area contributed by atoms with Gasteiger partial charge in [-0.1, -0.05) is 13.8 Å². The Morgan fingerprint density at radius 2 is 1.94 bits per heavy atom. The van der Waals surface area contributed by atoms with Gasteiger partial charge in [-0.25, -0.2) is 0 Å². The van der Waals surface area contributed by atoms with Gasteiger partial charge >= 0.3 is 0 Å². The molecule has 0 saturated carbocycles. The van der Waals surface area contributed by atoms with Crippen molar-refractivity contribution in [3.05, 3.63) is 0 Å². The average molecular weight is 240 g/mol. The molecule has 0 bridgehead atoms. The number of nitrogens with zero attached hydrogens (tertiary/aromatic N) is 1. The second kappa shape index (κ2) is 6.19. The number of likely N-dealkylation sites (tertiary alicyclic amines) is 1. The fraction of sp³-hybridized carbons (Fsp3) is 1.00. The van der Waals surface area contributed by atoms with Gasteiger partial charge in [-0.3, -0.25) is 4.90 Å². The van der Waals surface area contributed by atoms with Crippen LogP contribution in [-0.4, -0.2) is 35.1 Å². The van der Waals surface area contributed by atoms with Gasteiger partial charge in [-0.2, -0.15) is 0 Å². The Hall–Kier alpha value is -0.0800. The summed E-state index contributed by atoms with van der Waals surface area (Å²) < 4.78 is 0. The Morgan fingerprint density at radius 3 is 2.47 bits per heavy atom. The lowest BCUT2D eigenvalue weighted by molar-refractivity contribution is 0.134. The average Bonchev–Trinajstić information content (AvgIpc) is 2.67.